The van der Waals surface area contributed by atoms with Crippen molar-refractivity contribution in [1.82, 2.24) is 0 Å². The number of benzene rings is 1. The van der Waals surface area contributed by atoms with Crippen LogP contribution in [0.3, 0.4) is 0 Å². The van der Waals surface area contributed by atoms with Crippen LogP contribution in [0.15, 0.2) is 48.1 Å². The fourth-order valence-corrected chi connectivity index (χ4v) is 5.06. The van der Waals surface area contributed by atoms with Crippen molar-refractivity contribution >= 4 is 0 Å². The third kappa shape index (κ3) is 5.00. The molecular weight excluding hydrogens is 364 g/mol. The van der Waals surface area contributed by atoms with Crippen molar-refractivity contribution in [3.05, 3.63) is 59.2 Å². The summed E-state index contributed by atoms with van der Waals surface area (Å²) in [6.07, 6.45) is 8.52. The van der Waals surface area contributed by atoms with Gasteiger partial charge in [-0.05, 0) is 61.6 Å². The zero-order valence-electron chi connectivity index (χ0n) is 18.1. The van der Waals surface area contributed by atoms with Gasteiger partial charge in [0.05, 0.1) is 24.4 Å². The van der Waals surface area contributed by atoms with Crippen LogP contribution < -0.4 is 0 Å². The quantitative estimate of drug-likeness (QED) is 0.614. The normalized spacial score (nSPS) is 34.1. The fraction of sp³-hybridized carbons (Fsp3) is 0.600. The Kier molecular flexibility index (Phi) is 7.00. The highest BCUT2D eigenvalue weighted by molar-refractivity contribution is 5.27. The summed E-state index contributed by atoms with van der Waals surface area (Å²) >= 11 is 0. The first kappa shape index (κ1) is 22.2. The molecule has 2 aliphatic carbocycles. The molecule has 0 heterocycles. The summed E-state index contributed by atoms with van der Waals surface area (Å²) in [6, 6.07) is 8.70. The van der Waals surface area contributed by atoms with E-state index < -0.39 is 11.7 Å². The summed E-state index contributed by atoms with van der Waals surface area (Å²) in [5, 5.41) is 30.6. The molecule has 0 saturated heterocycles. The van der Waals surface area contributed by atoms with Crippen LogP contribution in [0, 0.1) is 23.7 Å². The lowest BCUT2D eigenvalue weighted by Gasteiger charge is -2.40. The van der Waals surface area contributed by atoms with E-state index in [1.807, 2.05) is 6.92 Å². The number of ether oxygens (including phenoxy) is 1. The van der Waals surface area contributed by atoms with E-state index in [9.17, 15) is 15.3 Å². The second-order valence-electron chi connectivity index (χ2n) is 9.28. The zero-order chi connectivity index (χ0) is 21.2. The summed E-state index contributed by atoms with van der Waals surface area (Å²) in [4.78, 5) is 0. The molecular formula is C25H36O4. The summed E-state index contributed by atoms with van der Waals surface area (Å²) in [6.45, 7) is 5.49. The van der Waals surface area contributed by atoms with E-state index in [0.29, 0.717) is 18.3 Å². The van der Waals surface area contributed by atoms with Crippen molar-refractivity contribution in [2.75, 3.05) is 13.7 Å². The maximum absolute atomic E-state index is 10.7. The van der Waals surface area contributed by atoms with Crippen LogP contribution in [-0.4, -0.2) is 46.8 Å². The van der Waals surface area contributed by atoms with Crippen LogP contribution in [0.4, 0.5) is 0 Å². The molecule has 1 aromatic carbocycles. The summed E-state index contributed by atoms with van der Waals surface area (Å²) < 4.78 is 5.67. The van der Waals surface area contributed by atoms with E-state index in [1.165, 1.54) is 11.1 Å². The monoisotopic (exact) mass is 400 g/mol. The SMILES string of the molecule is COC1C(C)C=CC1Cc1ccc(CC2C=C(C)C(O)CC2C(C)(O)CO)cc1. The van der Waals surface area contributed by atoms with E-state index >= 15 is 0 Å². The van der Waals surface area contributed by atoms with Crippen molar-refractivity contribution in [2.45, 2.75) is 57.8 Å². The average Bonchev–Trinajstić information content (AvgIpc) is 3.05. The Bertz CT molecular complexity index is 734. The number of allylic oxidation sites excluding steroid dienone is 1. The van der Waals surface area contributed by atoms with E-state index in [-0.39, 0.29) is 24.5 Å². The lowest BCUT2D eigenvalue weighted by Crippen LogP contribution is -2.46. The zero-order valence-corrected chi connectivity index (χ0v) is 18.1. The van der Waals surface area contributed by atoms with Crippen LogP contribution in [0.5, 0.6) is 0 Å². The molecule has 0 saturated carbocycles. The fourth-order valence-electron chi connectivity index (χ4n) is 5.06. The second-order valence-corrected chi connectivity index (χ2v) is 9.28. The van der Waals surface area contributed by atoms with Gasteiger partial charge in [-0.3, -0.25) is 0 Å². The highest BCUT2D eigenvalue weighted by atomic mass is 16.5. The molecule has 0 aromatic heterocycles. The molecule has 3 N–H and O–H groups in total. The van der Waals surface area contributed by atoms with E-state index in [4.69, 9.17) is 4.74 Å². The van der Waals surface area contributed by atoms with Crippen molar-refractivity contribution in [3.63, 3.8) is 0 Å². The van der Waals surface area contributed by atoms with Crippen molar-refractivity contribution in [1.29, 1.82) is 0 Å². The molecule has 160 valence electrons. The highest BCUT2D eigenvalue weighted by Gasteiger charge is 2.40. The van der Waals surface area contributed by atoms with Crippen molar-refractivity contribution in [2.24, 2.45) is 23.7 Å². The van der Waals surface area contributed by atoms with Gasteiger partial charge in [0, 0.05) is 18.9 Å². The molecule has 7 atom stereocenters. The topological polar surface area (TPSA) is 69.9 Å². The number of aliphatic hydroxyl groups is 3. The van der Waals surface area contributed by atoms with Gasteiger partial charge in [-0.15, -0.1) is 0 Å². The Labute approximate surface area is 174 Å². The first-order valence-corrected chi connectivity index (χ1v) is 10.7. The van der Waals surface area contributed by atoms with Crippen LogP contribution in [0.25, 0.3) is 0 Å². The molecule has 0 spiro atoms. The van der Waals surface area contributed by atoms with Crippen LogP contribution >= 0.6 is 0 Å². The van der Waals surface area contributed by atoms with Gasteiger partial charge in [0.1, 0.15) is 0 Å². The summed E-state index contributed by atoms with van der Waals surface area (Å²) in [5.74, 6) is 0.772. The van der Waals surface area contributed by atoms with Crippen LogP contribution in [0.1, 0.15) is 38.3 Å². The third-order valence-corrected chi connectivity index (χ3v) is 6.96. The number of rotatable bonds is 7. The molecule has 29 heavy (non-hydrogen) atoms. The Morgan fingerprint density at radius 1 is 1.07 bits per heavy atom. The van der Waals surface area contributed by atoms with Gasteiger partial charge >= 0.3 is 0 Å². The average molecular weight is 401 g/mol. The highest BCUT2D eigenvalue weighted by Crippen LogP contribution is 2.38. The van der Waals surface area contributed by atoms with Gasteiger partial charge < -0.3 is 20.1 Å². The molecule has 0 aliphatic heterocycles. The Morgan fingerprint density at radius 2 is 1.66 bits per heavy atom. The van der Waals surface area contributed by atoms with E-state index in [1.54, 1.807) is 14.0 Å². The Morgan fingerprint density at radius 3 is 2.21 bits per heavy atom. The molecule has 0 bridgehead atoms. The standard InChI is InChI=1S/C25H36O4/c1-16-5-10-20(24(16)29-4)12-18-6-8-19(9-7-18)13-21-11-17(2)23(27)14-22(21)25(3,28)15-26/h5-11,16,20-24,26-28H,12-15H2,1-4H3. The number of methoxy groups -OCH3 is 1. The van der Waals surface area contributed by atoms with E-state index in [0.717, 1.165) is 18.4 Å². The van der Waals surface area contributed by atoms with Gasteiger partial charge in [0.25, 0.3) is 0 Å². The van der Waals surface area contributed by atoms with Crippen molar-refractivity contribution < 1.29 is 20.1 Å². The third-order valence-electron chi connectivity index (χ3n) is 6.96. The molecule has 3 rings (SSSR count). The first-order valence-electron chi connectivity index (χ1n) is 10.7. The number of aliphatic hydroxyl groups excluding tert-OH is 2. The smallest absolute Gasteiger partial charge is 0.0884 e. The van der Waals surface area contributed by atoms with Gasteiger partial charge in [-0.1, -0.05) is 49.4 Å². The predicted molar refractivity (Wildman–Crippen MR) is 116 cm³/mol. The first-order chi connectivity index (χ1) is 13.7. The van der Waals surface area contributed by atoms with Gasteiger partial charge in [0.2, 0.25) is 0 Å². The van der Waals surface area contributed by atoms with Crippen molar-refractivity contribution in [3.8, 4) is 0 Å². The van der Waals surface area contributed by atoms with E-state index in [2.05, 4.69) is 49.4 Å². The minimum absolute atomic E-state index is 0.0860. The minimum atomic E-state index is -1.20. The second kappa shape index (κ2) is 9.13. The largest absolute Gasteiger partial charge is 0.393 e. The number of hydrogen-bond donors (Lipinski definition) is 3. The molecule has 2 aliphatic rings. The summed E-state index contributed by atoms with van der Waals surface area (Å²) in [7, 11) is 1.79. The van der Waals surface area contributed by atoms with Crippen LogP contribution in [-0.2, 0) is 17.6 Å². The lowest BCUT2D eigenvalue weighted by atomic mass is 9.69. The predicted octanol–water partition coefficient (Wildman–Crippen LogP) is 3.30. The molecule has 0 amide bonds. The molecule has 1 aromatic rings. The maximum Gasteiger partial charge on any atom is 0.0884 e. The lowest BCUT2D eigenvalue weighted by molar-refractivity contribution is -0.0755. The maximum atomic E-state index is 10.7. The summed E-state index contributed by atoms with van der Waals surface area (Å²) in [5.41, 5.74) is 2.24. The Hall–Kier alpha value is -1.46. The molecule has 7 unspecified atom stereocenters. The number of hydrogen-bond acceptors (Lipinski definition) is 4. The minimum Gasteiger partial charge on any atom is -0.393 e. The molecule has 0 fully saturated rings. The Balaban J connectivity index is 1.70. The van der Waals surface area contributed by atoms with Gasteiger partial charge in [-0.25, -0.2) is 0 Å². The van der Waals surface area contributed by atoms with Crippen LogP contribution in [0.2, 0.25) is 0 Å². The molecule has 4 heteroatoms. The molecule has 4 nitrogen and oxygen atoms in total. The van der Waals surface area contributed by atoms with Gasteiger partial charge in [0.15, 0.2) is 0 Å². The molecule has 0 radical (unpaired) electrons. The van der Waals surface area contributed by atoms with Gasteiger partial charge in [-0.2, -0.15) is 0 Å².